The summed E-state index contributed by atoms with van der Waals surface area (Å²) in [7, 11) is 0. The minimum atomic E-state index is 0.277. The van der Waals surface area contributed by atoms with E-state index in [1.807, 2.05) is 85.8 Å². The highest BCUT2D eigenvalue weighted by Crippen LogP contribution is 2.46. The van der Waals surface area contributed by atoms with E-state index in [1.165, 1.54) is 11.1 Å². The van der Waals surface area contributed by atoms with Gasteiger partial charge >= 0.3 is 0 Å². The molecule has 4 atom stereocenters. The molecule has 240 valence electrons. The highest BCUT2D eigenvalue weighted by molar-refractivity contribution is 5.50. The average molecular weight is 629 g/mol. The molecule has 2 heteroatoms. The first-order chi connectivity index (χ1) is 23.6. The third kappa shape index (κ3) is 17.2. The third-order valence-corrected chi connectivity index (χ3v) is 7.05. The fourth-order valence-electron chi connectivity index (χ4n) is 4.18. The van der Waals surface area contributed by atoms with Crippen molar-refractivity contribution in [3.63, 3.8) is 0 Å². The molecule has 0 aromatic heterocycles. The first kappa shape index (κ1) is 38.6. The molecule has 2 fully saturated rings. The lowest BCUT2D eigenvalue weighted by atomic mass is 10.1. The van der Waals surface area contributed by atoms with Crippen LogP contribution in [0.5, 0.6) is 0 Å². The second kappa shape index (κ2) is 24.6. The van der Waals surface area contributed by atoms with E-state index in [-0.39, 0.29) is 6.61 Å². The number of benzene rings is 3. The topological polar surface area (TPSA) is 40.5 Å². The SMILES string of the molecule is C/C=C/C=C/c1ccccc1.CC#CC#C[C@@H]1C[C@H]1CO.CC#CC#Cc1ccc([C@@H]2C[C@H]2CO)cc1.CC#CC#Cc1ccccc1. The standard InChI is InChI=1S/C15H14O.C11H12.C11H8.C9H10O/c1-2-3-4-5-12-6-8-13(9-7-12)15-10-14(15)11-16;2*1-2-3-5-8-11-9-6-4-7-10-11;1-2-3-4-5-8-6-9(8)7-10/h6-9,14-16H,10-11H2,1H3;2-10H,1H3;4,6-7,9-10H,1H3;8-10H,6-7H2,1H3/b;3-2+,8-5+;;/t14-,15-;;;8-,9+/m0..1/s1. The smallest absolute Gasteiger partial charge is 0.0471 e. The number of allylic oxidation sites excluding steroid dienone is 3. The lowest BCUT2D eigenvalue weighted by Crippen LogP contribution is -1.88. The number of hydrogen-bond acceptors (Lipinski definition) is 2. The molecule has 0 saturated heterocycles. The Balaban J connectivity index is 0.000000227. The quantitative estimate of drug-likeness (QED) is 0.221. The van der Waals surface area contributed by atoms with Crippen LogP contribution in [-0.4, -0.2) is 23.4 Å². The molecule has 2 nitrogen and oxygen atoms in total. The van der Waals surface area contributed by atoms with E-state index >= 15 is 0 Å². The molecule has 5 rings (SSSR count). The molecule has 0 radical (unpaired) electrons. The molecule has 3 aromatic rings. The molecule has 2 N–H and O–H groups in total. The van der Waals surface area contributed by atoms with Crippen LogP contribution in [0.2, 0.25) is 0 Å². The van der Waals surface area contributed by atoms with Crippen molar-refractivity contribution in [1.29, 1.82) is 0 Å². The summed E-state index contributed by atoms with van der Waals surface area (Å²) >= 11 is 0. The molecule has 0 spiro atoms. The van der Waals surface area contributed by atoms with E-state index < -0.39 is 0 Å². The highest BCUT2D eigenvalue weighted by atomic mass is 16.3. The minimum Gasteiger partial charge on any atom is -0.396 e. The largest absolute Gasteiger partial charge is 0.396 e. The van der Waals surface area contributed by atoms with Crippen LogP contribution in [0.25, 0.3) is 6.08 Å². The van der Waals surface area contributed by atoms with Crippen LogP contribution in [-0.2, 0) is 0 Å². The van der Waals surface area contributed by atoms with Gasteiger partial charge in [0.2, 0.25) is 0 Å². The Morgan fingerprint density at radius 2 is 1.15 bits per heavy atom. The van der Waals surface area contributed by atoms with Gasteiger partial charge in [-0.1, -0.05) is 120 Å². The van der Waals surface area contributed by atoms with Gasteiger partial charge in [0.15, 0.2) is 0 Å². The Kier molecular flexibility index (Phi) is 19.8. The van der Waals surface area contributed by atoms with Gasteiger partial charge in [-0.05, 0) is 129 Å². The van der Waals surface area contributed by atoms with Crippen molar-refractivity contribution in [2.24, 2.45) is 17.8 Å². The summed E-state index contributed by atoms with van der Waals surface area (Å²) in [5.74, 6) is 35.3. The zero-order valence-electron chi connectivity index (χ0n) is 28.4. The van der Waals surface area contributed by atoms with E-state index in [0.29, 0.717) is 30.3 Å². The number of aliphatic hydroxyl groups excluding tert-OH is 2. The molecule has 0 heterocycles. The van der Waals surface area contributed by atoms with Crippen molar-refractivity contribution in [3.8, 4) is 71.0 Å². The fraction of sp³-hybridized carbons (Fsp3) is 0.261. The lowest BCUT2D eigenvalue weighted by molar-refractivity contribution is 0.273. The number of aliphatic hydroxyl groups is 2. The predicted octanol–water partition coefficient (Wildman–Crippen LogP) is 8.14. The molecular formula is C46H44O2. The van der Waals surface area contributed by atoms with E-state index in [2.05, 4.69) is 101 Å². The second-order valence-electron chi connectivity index (χ2n) is 10.7. The zero-order valence-corrected chi connectivity index (χ0v) is 28.4. The molecular weight excluding hydrogens is 585 g/mol. The summed E-state index contributed by atoms with van der Waals surface area (Å²) < 4.78 is 0. The summed E-state index contributed by atoms with van der Waals surface area (Å²) in [6, 6.07) is 28.3. The second-order valence-corrected chi connectivity index (χ2v) is 10.7. The van der Waals surface area contributed by atoms with E-state index in [1.54, 1.807) is 20.8 Å². The first-order valence-electron chi connectivity index (χ1n) is 16.1. The van der Waals surface area contributed by atoms with Crippen LogP contribution in [0.1, 0.15) is 68.7 Å². The molecule has 3 aromatic carbocycles. The van der Waals surface area contributed by atoms with Crippen LogP contribution >= 0.6 is 0 Å². The molecule has 0 unspecified atom stereocenters. The maximum absolute atomic E-state index is 9.00. The molecule has 0 aliphatic heterocycles. The van der Waals surface area contributed by atoms with E-state index in [0.717, 1.165) is 24.0 Å². The van der Waals surface area contributed by atoms with Gasteiger partial charge in [0.1, 0.15) is 0 Å². The van der Waals surface area contributed by atoms with Crippen LogP contribution in [0, 0.1) is 88.8 Å². The Hall–Kier alpha value is -5.58. The van der Waals surface area contributed by atoms with Crippen molar-refractivity contribution in [3.05, 3.63) is 125 Å². The first-order valence-corrected chi connectivity index (χ1v) is 16.1. The molecule has 0 amide bonds. The predicted molar refractivity (Wildman–Crippen MR) is 202 cm³/mol. The zero-order chi connectivity index (χ0) is 34.7. The summed E-state index contributed by atoms with van der Waals surface area (Å²) in [5.41, 5.74) is 4.56. The van der Waals surface area contributed by atoms with Crippen LogP contribution < -0.4 is 0 Å². The van der Waals surface area contributed by atoms with E-state index in [4.69, 9.17) is 10.2 Å². The van der Waals surface area contributed by atoms with Crippen LogP contribution in [0.15, 0.2) is 103 Å². The van der Waals surface area contributed by atoms with Crippen molar-refractivity contribution in [2.45, 2.75) is 46.5 Å². The summed E-state index contributed by atoms with van der Waals surface area (Å²) in [6.07, 6.45) is 10.3. The van der Waals surface area contributed by atoms with Crippen LogP contribution in [0.3, 0.4) is 0 Å². The monoisotopic (exact) mass is 628 g/mol. The van der Waals surface area contributed by atoms with Gasteiger partial charge in [-0.2, -0.15) is 0 Å². The normalized spacial score (nSPS) is 17.0. The van der Waals surface area contributed by atoms with Gasteiger partial charge < -0.3 is 10.2 Å². The van der Waals surface area contributed by atoms with Crippen molar-refractivity contribution < 1.29 is 10.2 Å². The van der Waals surface area contributed by atoms with Gasteiger partial charge in [0.25, 0.3) is 0 Å². The van der Waals surface area contributed by atoms with E-state index in [9.17, 15) is 0 Å². The summed E-state index contributed by atoms with van der Waals surface area (Å²) in [4.78, 5) is 0. The van der Waals surface area contributed by atoms with Gasteiger partial charge in [-0.15, -0.1) is 0 Å². The maximum atomic E-state index is 9.00. The fourth-order valence-corrected chi connectivity index (χ4v) is 4.18. The molecule has 48 heavy (non-hydrogen) atoms. The molecule has 0 bridgehead atoms. The minimum absolute atomic E-state index is 0.277. The Bertz CT molecular complexity index is 1810. The number of rotatable bonds is 5. The van der Waals surface area contributed by atoms with Crippen molar-refractivity contribution >= 4 is 6.08 Å². The third-order valence-electron chi connectivity index (χ3n) is 7.05. The lowest BCUT2D eigenvalue weighted by Gasteiger charge is -1.98. The van der Waals surface area contributed by atoms with Gasteiger partial charge in [-0.25, -0.2) is 0 Å². The number of hydrogen-bond donors (Lipinski definition) is 2. The maximum Gasteiger partial charge on any atom is 0.0471 e. The molecule has 2 aliphatic carbocycles. The molecule has 2 saturated carbocycles. The van der Waals surface area contributed by atoms with Gasteiger partial charge in [0.05, 0.1) is 0 Å². The van der Waals surface area contributed by atoms with Crippen LogP contribution in [0.4, 0.5) is 0 Å². The Morgan fingerprint density at radius 1 is 0.604 bits per heavy atom. The highest BCUT2D eigenvalue weighted by Gasteiger charge is 2.37. The summed E-state index contributed by atoms with van der Waals surface area (Å²) in [5, 5.41) is 17.6. The van der Waals surface area contributed by atoms with Gasteiger partial charge in [0, 0.05) is 30.3 Å². The van der Waals surface area contributed by atoms with Crippen molar-refractivity contribution in [1.82, 2.24) is 0 Å². The van der Waals surface area contributed by atoms with Gasteiger partial charge in [-0.3, -0.25) is 0 Å². The Morgan fingerprint density at radius 3 is 1.65 bits per heavy atom. The molecule has 2 aliphatic rings. The Labute approximate surface area is 289 Å². The average Bonchev–Trinajstić information content (AvgIpc) is 4.07. The summed E-state index contributed by atoms with van der Waals surface area (Å²) in [6.45, 7) is 7.91. The van der Waals surface area contributed by atoms with Crippen molar-refractivity contribution in [2.75, 3.05) is 13.2 Å².